The van der Waals surface area contributed by atoms with Crippen molar-refractivity contribution in [1.82, 2.24) is 4.90 Å². The van der Waals surface area contributed by atoms with Crippen molar-refractivity contribution in [2.45, 2.75) is 24.9 Å². The van der Waals surface area contributed by atoms with Crippen LogP contribution in [0.4, 0.5) is 0 Å². The SMILES string of the molecule is NCC(O)(CCN1CCCC1)c1ccccc1. The average molecular weight is 234 g/mol. The maximum absolute atomic E-state index is 10.6. The van der Waals surface area contributed by atoms with Gasteiger partial charge in [-0.3, -0.25) is 0 Å². The highest BCUT2D eigenvalue weighted by atomic mass is 16.3. The van der Waals surface area contributed by atoms with Crippen LogP contribution in [0.3, 0.4) is 0 Å². The predicted molar refractivity (Wildman–Crippen MR) is 69.7 cm³/mol. The van der Waals surface area contributed by atoms with Crippen molar-refractivity contribution in [2.75, 3.05) is 26.2 Å². The van der Waals surface area contributed by atoms with Gasteiger partial charge in [-0.05, 0) is 37.9 Å². The van der Waals surface area contributed by atoms with Gasteiger partial charge in [0.15, 0.2) is 0 Å². The molecule has 1 aromatic rings. The van der Waals surface area contributed by atoms with E-state index < -0.39 is 5.60 Å². The van der Waals surface area contributed by atoms with Gasteiger partial charge in [0.1, 0.15) is 5.60 Å². The molecule has 0 amide bonds. The molecule has 0 radical (unpaired) electrons. The number of hydrogen-bond acceptors (Lipinski definition) is 3. The Kier molecular flexibility index (Phi) is 4.15. The number of nitrogens with two attached hydrogens (primary N) is 1. The first kappa shape index (κ1) is 12.6. The van der Waals surface area contributed by atoms with Crippen molar-refractivity contribution in [3.63, 3.8) is 0 Å². The first-order valence-corrected chi connectivity index (χ1v) is 6.45. The average Bonchev–Trinajstić information content (AvgIpc) is 2.90. The summed E-state index contributed by atoms with van der Waals surface area (Å²) in [5, 5.41) is 10.6. The second-order valence-corrected chi connectivity index (χ2v) is 4.90. The molecule has 1 aliphatic heterocycles. The van der Waals surface area contributed by atoms with E-state index in [9.17, 15) is 5.11 Å². The smallest absolute Gasteiger partial charge is 0.103 e. The highest BCUT2D eigenvalue weighted by Gasteiger charge is 2.28. The summed E-state index contributed by atoms with van der Waals surface area (Å²) < 4.78 is 0. The van der Waals surface area contributed by atoms with Crippen LogP contribution in [0.25, 0.3) is 0 Å². The Morgan fingerprint density at radius 2 is 1.82 bits per heavy atom. The van der Waals surface area contributed by atoms with Gasteiger partial charge in [0.2, 0.25) is 0 Å². The van der Waals surface area contributed by atoms with Gasteiger partial charge >= 0.3 is 0 Å². The van der Waals surface area contributed by atoms with E-state index in [0.717, 1.165) is 25.2 Å². The molecule has 3 N–H and O–H groups in total. The quantitative estimate of drug-likeness (QED) is 0.808. The van der Waals surface area contributed by atoms with Crippen molar-refractivity contribution >= 4 is 0 Å². The molecule has 1 aromatic carbocycles. The molecule has 0 aromatic heterocycles. The lowest BCUT2D eigenvalue weighted by Gasteiger charge is -2.29. The molecule has 0 bridgehead atoms. The Hall–Kier alpha value is -0.900. The topological polar surface area (TPSA) is 49.5 Å². The summed E-state index contributed by atoms with van der Waals surface area (Å²) in [4.78, 5) is 2.41. The van der Waals surface area contributed by atoms with Crippen LogP contribution in [0.1, 0.15) is 24.8 Å². The zero-order valence-electron chi connectivity index (χ0n) is 10.3. The third kappa shape index (κ3) is 3.06. The van der Waals surface area contributed by atoms with Crippen molar-refractivity contribution in [2.24, 2.45) is 5.73 Å². The first-order chi connectivity index (χ1) is 8.24. The van der Waals surface area contributed by atoms with Crippen molar-refractivity contribution in [3.8, 4) is 0 Å². The summed E-state index contributed by atoms with van der Waals surface area (Å²) >= 11 is 0. The molecule has 0 saturated carbocycles. The molecule has 1 saturated heterocycles. The van der Waals surface area contributed by atoms with Crippen LogP contribution in [-0.2, 0) is 5.60 Å². The highest BCUT2D eigenvalue weighted by molar-refractivity contribution is 5.22. The third-order valence-electron chi connectivity index (χ3n) is 3.69. The van der Waals surface area contributed by atoms with E-state index in [1.807, 2.05) is 30.3 Å². The van der Waals surface area contributed by atoms with Crippen LogP contribution >= 0.6 is 0 Å². The van der Waals surface area contributed by atoms with Gasteiger partial charge in [-0.1, -0.05) is 30.3 Å². The summed E-state index contributed by atoms with van der Waals surface area (Å²) in [5.74, 6) is 0. The molecule has 17 heavy (non-hydrogen) atoms. The van der Waals surface area contributed by atoms with E-state index in [-0.39, 0.29) is 6.54 Å². The predicted octanol–water partition coefficient (Wildman–Crippen LogP) is 1.32. The van der Waals surface area contributed by atoms with Crippen molar-refractivity contribution in [3.05, 3.63) is 35.9 Å². The number of benzene rings is 1. The van der Waals surface area contributed by atoms with Crippen molar-refractivity contribution < 1.29 is 5.11 Å². The van der Waals surface area contributed by atoms with Crippen LogP contribution in [0, 0.1) is 0 Å². The van der Waals surface area contributed by atoms with E-state index in [0.29, 0.717) is 6.42 Å². The molecule has 1 aliphatic rings. The second-order valence-electron chi connectivity index (χ2n) is 4.90. The van der Waals surface area contributed by atoms with Gasteiger partial charge in [-0.25, -0.2) is 0 Å². The minimum absolute atomic E-state index is 0.283. The van der Waals surface area contributed by atoms with Crippen LogP contribution in [0.15, 0.2) is 30.3 Å². The molecule has 0 aliphatic carbocycles. The molecule has 1 fully saturated rings. The minimum atomic E-state index is -0.871. The zero-order valence-corrected chi connectivity index (χ0v) is 10.3. The van der Waals surface area contributed by atoms with Gasteiger partial charge < -0.3 is 15.7 Å². The van der Waals surface area contributed by atoms with Crippen LogP contribution < -0.4 is 5.73 Å². The van der Waals surface area contributed by atoms with Crippen LogP contribution in [0.2, 0.25) is 0 Å². The molecule has 3 nitrogen and oxygen atoms in total. The Morgan fingerprint density at radius 1 is 1.18 bits per heavy atom. The summed E-state index contributed by atoms with van der Waals surface area (Å²) in [6.45, 7) is 3.54. The van der Waals surface area contributed by atoms with Gasteiger partial charge in [-0.15, -0.1) is 0 Å². The zero-order chi connectivity index (χ0) is 12.1. The molecule has 1 atom stereocenters. The Morgan fingerprint density at radius 3 is 2.41 bits per heavy atom. The third-order valence-corrected chi connectivity index (χ3v) is 3.69. The fraction of sp³-hybridized carbons (Fsp3) is 0.571. The molecular formula is C14H22N2O. The number of nitrogens with zero attached hydrogens (tertiary/aromatic N) is 1. The normalized spacial score (nSPS) is 20.4. The largest absolute Gasteiger partial charge is 0.384 e. The van der Waals surface area contributed by atoms with Gasteiger partial charge in [-0.2, -0.15) is 0 Å². The lowest BCUT2D eigenvalue weighted by Crippen LogP contribution is -2.38. The molecule has 1 unspecified atom stereocenters. The Bertz CT molecular complexity index is 335. The maximum Gasteiger partial charge on any atom is 0.103 e. The molecular weight excluding hydrogens is 212 g/mol. The molecule has 3 heteroatoms. The van der Waals surface area contributed by atoms with E-state index in [2.05, 4.69) is 4.90 Å². The van der Waals surface area contributed by atoms with Crippen LogP contribution in [0.5, 0.6) is 0 Å². The Labute approximate surface area is 103 Å². The first-order valence-electron chi connectivity index (χ1n) is 6.45. The number of hydrogen-bond donors (Lipinski definition) is 2. The fourth-order valence-corrected chi connectivity index (χ4v) is 2.46. The van der Waals surface area contributed by atoms with Crippen molar-refractivity contribution in [1.29, 1.82) is 0 Å². The van der Waals surface area contributed by atoms with E-state index >= 15 is 0 Å². The van der Waals surface area contributed by atoms with E-state index in [1.165, 1.54) is 12.8 Å². The monoisotopic (exact) mass is 234 g/mol. The highest BCUT2D eigenvalue weighted by Crippen LogP contribution is 2.24. The van der Waals surface area contributed by atoms with E-state index in [1.54, 1.807) is 0 Å². The Balaban J connectivity index is 1.98. The standard InChI is InChI=1S/C14H22N2O/c15-12-14(17,13-6-2-1-3-7-13)8-11-16-9-4-5-10-16/h1-3,6-7,17H,4-5,8-12,15H2. The minimum Gasteiger partial charge on any atom is -0.384 e. The maximum atomic E-state index is 10.6. The van der Waals surface area contributed by atoms with E-state index in [4.69, 9.17) is 5.73 Å². The summed E-state index contributed by atoms with van der Waals surface area (Å²) in [5.41, 5.74) is 5.82. The molecule has 2 rings (SSSR count). The number of rotatable bonds is 5. The van der Waals surface area contributed by atoms with Gasteiger partial charge in [0.25, 0.3) is 0 Å². The van der Waals surface area contributed by atoms with Gasteiger partial charge in [0, 0.05) is 13.1 Å². The summed E-state index contributed by atoms with van der Waals surface area (Å²) in [7, 11) is 0. The second kappa shape index (κ2) is 5.63. The number of likely N-dealkylation sites (tertiary alicyclic amines) is 1. The molecule has 1 heterocycles. The molecule has 94 valence electrons. The molecule has 0 spiro atoms. The van der Waals surface area contributed by atoms with Gasteiger partial charge in [0.05, 0.1) is 0 Å². The summed E-state index contributed by atoms with van der Waals surface area (Å²) in [6, 6.07) is 9.77. The number of aliphatic hydroxyl groups is 1. The van der Waals surface area contributed by atoms with Crippen LogP contribution in [-0.4, -0.2) is 36.2 Å². The summed E-state index contributed by atoms with van der Waals surface area (Å²) in [6.07, 6.45) is 3.28. The fourth-order valence-electron chi connectivity index (χ4n) is 2.46. The lowest BCUT2D eigenvalue weighted by atomic mass is 9.90. The lowest BCUT2D eigenvalue weighted by molar-refractivity contribution is 0.0279.